The molecule has 0 saturated carbocycles. The van der Waals surface area contributed by atoms with Crippen LogP contribution in [-0.4, -0.2) is 37.2 Å². The molecule has 0 aliphatic carbocycles. The number of esters is 3. The number of hydrogen-bond acceptors (Lipinski definition) is 6. The molecular formula is C47H90O6. The summed E-state index contributed by atoms with van der Waals surface area (Å²) in [6, 6.07) is 0. The van der Waals surface area contributed by atoms with E-state index in [-0.39, 0.29) is 31.1 Å². The van der Waals surface area contributed by atoms with Gasteiger partial charge in [-0.05, 0) is 31.1 Å². The first-order valence-corrected chi connectivity index (χ1v) is 23.2. The number of hydrogen-bond donors (Lipinski definition) is 0. The van der Waals surface area contributed by atoms with Crippen molar-refractivity contribution in [2.75, 3.05) is 13.2 Å². The second-order valence-corrected chi connectivity index (χ2v) is 17.0. The Bertz CT molecular complexity index is 809. The van der Waals surface area contributed by atoms with Crippen LogP contribution < -0.4 is 0 Å². The normalized spacial score (nSPS) is 12.1. The van der Waals surface area contributed by atoms with E-state index in [1.807, 2.05) is 0 Å². The van der Waals surface area contributed by atoms with Crippen LogP contribution >= 0.6 is 0 Å². The monoisotopic (exact) mass is 751 g/mol. The predicted molar refractivity (Wildman–Crippen MR) is 224 cm³/mol. The highest BCUT2D eigenvalue weighted by molar-refractivity contribution is 5.71. The molecule has 0 aliphatic heterocycles. The van der Waals surface area contributed by atoms with Crippen LogP contribution in [0.4, 0.5) is 0 Å². The maximum atomic E-state index is 12.7. The lowest BCUT2D eigenvalue weighted by Crippen LogP contribution is -2.30. The van der Waals surface area contributed by atoms with Gasteiger partial charge in [0.25, 0.3) is 0 Å². The van der Waals surface area contributed by atoms with E-state index in [1.54, 1.807) is 0 Å². The molecule has 1 atom stereocenters. The van der Waals surface area contributed by atoms with Gasteiger partial charge in [-0.1, -0.05) is 214 Å². The second-order valence-electron chi connectivity index (χ2n) is 17.0. The van der Waals surface area contributed by atoms with Crippen LogP contribution in [0.3, 0.4) is 0 Å². The van der Waals surface area contributed by atoms with Gasteiger partial charge in [-0.25, -0.2) is 0 Å². The van der Waals surface area contributed by atoms with Crippen molar-refractivity contribution in [1.82, 2.24) is 0 Å². The zero-order valence-electron chi connectivity index (χ0n) is 36.1. The average Bonchev–Trinajstić information content (AvgIpc) is 3.12. The van der Waals surface area contributed by atoms with Crippen molar-refractivity contribution in [3.63, 3.8) is 0 Å². The molecule has 0 aromatic rings. The van der Waals surface area contributed by atoms with Crippen molar-refractivity contribution >= 4 is 17.9 Å². The van der Waals surface area contributed by atoms with Gasteiger partial charge < -0.3 is 14.2 Å². The van der Waals surface area contributed by atoms with Crippen LogP contribution in [0.1, 0.15) is 253 Å². The summed E-state index contributed by atoms with van der Waals surface area (Å²) in [5.74, 6) is 0.771. The van der Waals surface area contributed by atoms with E-state index >= 15 is 0 Å². The molecule has 0 bridgehead atoms. The third kappa shape index (κ3) is 41.4. The largest absolute Gasteiger partial charge is 0.462 e. The van der Waals surface area contributed by atoms with E-state index < -0.39 is 6.10 Å². The molecule has 0 saturated heterocycles. The molecule has 0 unspecified atom stereocenters. The molecule has 0 N–H and O–H groups in total. The summed E-state index contributed by atoms with van der Waals surface area (Å²) in [4.78, 5) is 37.7. The van der Waals surface area contributed by atoms with Gasteiger partial charge in [-0.15, -0.1) is 0 Å². The number of carbonyl (C=O) groups excluding carboxylic acids is 3. The lowest BCUT2D eigenvalue weighted by molar-refractivity contribution is -0.167. The van der Waals surface area contributed by atoms with Gasteiger partial charge in [-0.2, -0.15) is 0 Å². The molecule has 6 nitrogen and oxygen atoms in total. The highest BCUT2D eigenvalue weighted by Gasteiger charge is 2.19. The Balaban J connectivity index is 4.28. The zero-order chi connectivity index (χ0) is 39.0. The van der Waals surface area contributed by atoms with Crippen molar-refractivity contribution in [2.24, 2.45) is 11.8 Å². The SMILES string of the molecule is CCCCCCCCCCCC(=O)O[C@@H](COC(=O)CCCCCCCCCCCCCCC(C)C)COC(=O)CCCCCCCCCCC(C)C. The van der Waals surface area contributed by atoms with Gasteiger partial charge in [0.05, 0.1) is 0 Å². The Hall–Kier alpha value is -1.59. The van der Waals surface area contributed by atoms with E-state index in [0.717, 1.165) is 69.6 Å². The summed E-state index contributed by atoms with van der Waals surface area (Å²) in [5.41, 5.74) is 0. The first-order valence-electron chi connectivity index (χ1n) is 23.2. The summed E-state index contributed by atoms with van der Waals surface area (Å²) >= 11 is 0. The lowest BCUT2D eigenvalue weighted by atomic mass is 10.0. The highest BCUT2D eigenvalue weighted by atomic mass is 16.6. The van der Waals surface area contributed by atoms with Crippen LogP contribution in [0.15, 0.2) is 0 Å². The Morgan fingerprint density at radius 1 is 0.358 bits per heavy atom. The van der Waals surface area contributed by atoms with Crippen LogP contribution in [0, 0.1) is 11.8 Å². The van der Waals surface area contributed by atoms with Crippen molar-refractivity contribution in [3.05, 3.63) is 0 Å². The molecule has 0 rings (SSSR count). The maximum Gasteiger partial charge on any atom is 0.306 e. The number of ether oxygens (including phenoxy) is 3. The Morgan fingerprint density at radius 3 is 0.925 bits per heavy atom. The Kier molecular flexibility index (Phi) is 38.9. The van der Waals surface area contributed by atoms with Gasteiger partial charge in [-0.3, -0.25) is 14.4 Å². The fourth-order valence-corrected chi connectivity index (χ4v) is 6.93. The minimum Gasteiger partial charge on any atom is -0.462 e. The van der Waals surface area contributed by atoms with Crippen LogP contribution in [-0.2, 0) is 28.6 Å². The quantitative estimate of drug-likeness (QED) is 0.0352. The molecule has 314 valence electrons. The molecular weight excluding hydrogens is 661 g/mol. The van der Waals surface area contributed by atoms with Gasteiger partial charge >= 0.3 is 17.9 Å². The van der Waals surface area contributed by atoms with E-state index in [2.05, 4.69) is 34.6 Å². The van der Waals surface area contributed by atoms with Gasteiger partial charge in [0, 0.05) is 19.3 Å². The minimum absolute atomic E-state index is 0.0650. The maximum absolute atomic E-state index is 12.7. The number of rotatable bonds is 41. The molecule has 0 heterocycles. The van der Waals surface area contributed by atoms with E-state index in [9.17, 15) is 14.4 Å². The third-order valence-corrected chi connectivity index (χ3v) is 10.5. The zero-order valence-corrected chi connectivity index (χ0v) is 36.1. The summed E-state index contributed by atoms with van der Waals surface area (Å²) in [5, 5.41) is 0. The molecule has 0 fully saturated rings. The summed E-state index contributed by atoms with van der Waals surface area (Å²) in [6.07, 6.45) is 38.1. The van der Waals surface area contributed by atoms with Crippen molar-refractivity contribution in [2.45, 2.75) is 259 Å². The fraction of sp³-hybridized carbons (Fsp3) is 0.936. The second kappa shape index (κ2) is 40.1. The first kappa shape index (κ1) is 51.4. The standard InChI is InChI=1S/C47H90O6/c1-6-7-8-9-10-15-24-29-34-39-47(50)53-44(41-52-46(49)38-33-28-23-19-18-21-26-31-36-43(4)5)40-51-45(48)37-32-27-22-17-14-12-11-13-16-20-25-30-35-42(2)3/h42-44H,6-41H2,1-5H3/t44-/m0/s1. The van der Waals surface area contributed by atoms with Gasteiger partial charge in [0.15, 0.2) is 6.10 Å². The smallest absolute Gasteiger partial charge is 0.306 e. The summed E-state index contributed by atoms with van der Waals surface area (Å²) in [7, 11) is 0. The predicted octanol–water partition coefficient (Wildman–Crippen LogP) is 14.6. The number of carbonyl (C=O) groups is 3. The molecule has 0 aliphatic rings. The van der Waals surface area contributed by atoms with E-state index in [0.29, 0.717) is 19.3 Å². The molecule has 0 aromatic carbocycles. The summed E-state index contributed by atoms with van der Waals surface area (Å²) < 4.78 is 16.7. The van der Waals surface area contributed by atoms with E-state index in [1.165, 1.54) is 141 Å². The summed E-state index contributed by atoms with van der Waals surface area (Å²) in [6.45, 7) is 11.3. The lowest BCUT2D eigenvalue weighted by Gasteiger charge is -2.18. The van der Waals surface area contributed by atoms with Gasteiger partial charge in [0.2, 0.25) is 0 Å². The Morgan fingerprint density at radius 2 is 0.623 bits per heavy atom. The molecule has 0 aromatic heterocycles. The molecule has 0 spiro atoms. The molecule has 0 amide bonds. The highest BCUT2D eigenvalue weighted by Crippen LogP contribution is 2.16. The molecule has 0 radical (unpaired) electrons. The first-order chi connectivity index (χ1) is 25.7. The van der Waals surface area contributed by atoms with Crippen LogP contribution in [0.25, 0.3) is 0 Å². The fourth-order valence-electron chi connectivity index (χ4n) is 6.93. The van der Waals surface area contributed by atoms with Crippen molar-refractivity contribution in [1.29, 1.82) is 0 Å². The van der Waals surface area contributed by atoms with E-state index in [4.69, 9.17) is 14.2 Å². The van der Waals surface area contributed by atoms with Crippen molar-refractivity contribution in [3.8, 4) is 0 Å². The Labute approximate surface area is 329 Å². The average molecular weight is 751 g/mol. The molecule has 6 heteroatoms. The topological polar surface area (TPSA) is 78.9 Å². The minimum atomic E-state index is -0.760. The van der Waals surface area contributed by atoms with Crippen molar-refractivity contribution < 1.29 is 28.6 Å². The van der Waals surface area contributed by atoms with Crippen LogP contribution in [0.2, 0.25) is 0 Å². The molecule has 53 heavy (non-hydrogen) atoms. The van der Waals surface area contributed by atoms with Gasteiger partial charge in [0.1, 0.15) is 13.2 Å². The third-order valence-electron chi connectivity index (χ3n) is 10.5. The number of unbranched alkanes of at least 4 members (excludes halogenated alkanes) is 26. The van der Waals surface area contributed by atoms with Crippen LogP contribution in [0.5, 0.6) is 0 Å².